The smallest absolute Gasteiger partial charge is 0.129 e. The van der Waals surface area contributed by atoms with E-state index in [1.165, 1.54) is 0 Å². The SMILES string of the molecule is C/C=C/C[C@@H](O)CC#C[Si](C)(C)C. The van der Waals surface area contributed by atoms with E-state index in [0.29, 0.717) is 6.42 Å². The van der Waals surface area contributed by atoms with Gasteiger partial charge in [0.05, 0.1) is 6.10 Å². The summed E-state index contributed by atoms with van der Waals surface area (Å²) >= 11 is 0. The van der Waals surface area contributed by atoms with Crippen LogP contribution in [0.1, 0.15) is 19.8 Å². The van der Waals surface area contributed by atoms with Crippen molar-refractivity contribution in [1.29, 1.82) is 0 Å². The first-order valence-corrected chi connectivity index (χ1v) is 8.25. The molecule has 1 atom stereocenters. The summed E-state index contributed by atoms with van der Waals surface area (Å²) in [5.74, 6) is 3.06. The second-order valence-corrected chi connectivity index (χ2v) is 8.96. The van der Waals surface area contributed by atoms with E-state index in [4.69, 9.17) is 0 Å². The van der Waals surface area contributed by atoms with Crippen molar-refractivity contribution in [2.24, 2.45) is 0 Å². The van der Waals surface area contributed by atoms with Gasteiger partial charge in [-0.15, -0.1) is 11.5 Å². The zero-order valence-corrected chi connectivity index (χ0v) is 10.1. The molecule has 0 aromatic carbocycles. The molecular formula is C11H20OSi. The van der Waals surface area contributed by atoms with Crippen LogP contribution in [0, 0.1) is 11.5 Å². The summed E-state index contributed by atoms with van der Waals surface area (Å²) in [7, 11) is -1.25. The van der Waals surface area contributed by atoms with Crippen molar-refractivity contribution < 1.29 is 5.11 Å². The maximum Gasteiger partial charge on any atom is 0.129 e. The van der Waals surface area contributed by atoms with Gasteiger partial charge in [0.25, 0.3) is 0 Å². The van der Waals surface area contributed by atoms with Gasteiger partial charge in [0.1, 0.15) is 8.07 Å². The molecule has 0 aliphatic heterocycles. The van der Waals surface area contributed by atoms with Gasteiger partial charge in [-0.2, -0.15) is 0 Å². The van der Waals surface area contributed by atoms with Gasteiger partial charge in [-0.1, -0.05) is 31.8 Å². The Morgan fingerprint density at radius 2 is 2.00 bits per heavy atom. The third-order valence-electron chi connectivity index (χ3n) is 1.44. The summed E-state index contributed by atoms with van der Waals surface area (Å²) in [5, 5.41) is 9.44. The van der Waals surface area contributed by atoms with Gasteiger partial charge in [0, 0.05) is 6.42 Å². The predicted octanol–water partition coefficient (Wildman–Crippen LogP) is 2.58. The van der Waals surface area contributed by atoms with Crippen molar-refractivity contribution in [1.82, 2.24) is 0 Å². The van der Waals surface area contributed by atoms with Crippen molar-refractivity contribution in [2.45, 2.75) is 45.5 Å². The number of allylic oxidation sites excluding steroid dienone is 1. The largest absolute Gasteiger partial charge is 0.392 e. The van der Waals surface area contributed by atoms with E-state index in [-0.39, 0.29) is 6.10 Å². The molecule has 0 bridgehead atoms. The lowest BCUT2D eigenvalue weighted by molar-refractivity contribution is 0.183. The third kappa shape index (κ3) is 9.39. The number of aliphatic hydroxyl groups is 1. The first-order valence-electron chi connectivity index (χ1n) is 4.75. The quantitative estimate of drug-likeness (QED) is 0.418. The number of hydrogen-bond donors (Lipinski definition) is 1. The summed E-state index contributed by atoms with van der Waals surface area (Å²) in [4.78, 5) is 0. The molecule has 0 aromatic heterocycles. The second-order valence-electron chi connectivity index (χ2n) is 4.21. The Kier molecular flexibility index (Phi) is 5.77. The molecule has 2 heteroatoms. The number of hydrogen-bond acceptors (Lipinski definition) is 1. The fourth-order valence-corrected chi connectivity index (χ4v) is 1.44. The van der Waals surface area contributed by atoms with Crippen LogP contribution in [0.15, 0.2) is 12.2 Å². The molecule has 0 radical (unpaired) electrons. The highest BCUT2D eigenvalue weighted by Crippen LogP contribution is 2.00. The summed E-state index contributed by atoms with van der Waals surface area (Å²) in [5.41, 5.74) is 3.23. The summed E-state index contributed by atoms with van der Waals surface area (Å²) in [6, 6.07) is 0. The normalized spacial score (nSPS) is 13.9. The van der Waals surface area contributed by atoms with Crippen LogP contribution < -0.4 is 0 Å². The Morgan fingerprint density at radius 3 is 2.46 bits per heavy atom. The lowest BCUT2D eigenvalue weighted by Crippen LogP contribution is -2.16. The molecule has 0 spiro atoms. The molecule has 0 saturated heterocycles. The highest BCUT2D eigenvalue weighted by molar-refractivity contribution is 6.83. The maximum atomic E-state index is 9.44. The van der Waals surface area contributed by atoms with Gasteiger partial charge in [-0.25, -0.2) is 0 Å². The van der Waals surface area contributed by atoms with Crippen molar-refractivity contribution in [3.63, 3.8) is 0 Å². The van der Waals surface area contributed by atoms with Crippen LogP contribution >= 0.6 is 0 Å². The van der Waals surface area contributed by atoms with Gasteiger partial charge in [0.2, 0.25) is 0 Å². The van der Waals surface area contributed by atoms with E-state index in [0.717, 1.165) is 6.42 Å². The van der Waals surface area contributed by atoms with Gasteiger partial charge in [0.15, 0.2) is 0 Å². The van der Waals surface area contributed by atoms with Crippen LogP contribution in [-0.4, -0.2) is 19.3 Å². The fraction of sp³-hybridized carbons (Fsp3) is 0.636. The maximum absolute atomic E-state index is 9.44. The van der Waals surface area contributed by atoms with Crippen LogP contribution in [0.3, 0.4) is 0 Å². The molecule has 1 nitrogen and oxygen atoms in total. The number of aliphatic hydroxyl groups excluding tert-OH is 1. The molecule has 1 N–H and O–H groups in total. The van der Waals surface area contributed by atoms with Gasteiger partial charge in [-0.3, -0.25) is 0 Å². The number of rotatable bonds is 3. The summed E-state index contributed by atoms with van der Waals surface area (Å²) in [6.07, 6.45) is 4.96. The molecule has 0 rings (SSSR count). The van der Waals surface area contributed by atoms with Gasteiger partial charge >= 0.3 is 0 Å². The van der Waals surface area contributed by atoms with E-state index in [1.54, 1.807) is 0 Å². The molecule has 0 heterocycles. The van der Waals surface area contributed by atoms with Crippen LogP contribution in [0.2, 0.25) is 19.6 Å². The second kappa shape index (κ2) is 6.01. The lowest BCUT2D eigenvalue weighted by Gasteiger charge is -2.05. The van der Waals surface area contributed by atoms with E-state index < -0.39 is 8.07 Å². The first kappa shape index (κ1) is 12.5. The Balaban J connectivity index is 3.79. The van der Waals surface area contributed by atoms with E-state index >= 15 is 0 Å². The van der Waals surface area contributed by atoms with Crippen molar-refractivity contribution in [3.05, 3.63) is 12.2 Å². The predicted molar refractivity (Wildman–Crippen MR) is 61.2 cm³/mol. The van der Waals surface area contributed by atoms with Crippen LogP contribution in [0.5, 0.6) is 0 Å². The average molecular weight is 196 g/mol. The van der Waals surface area contributed by atoms with Crippen LogP contribution in [-0.2, 0) is 0 Å². The summed E-state index contributed by atoms with van der Waals surface area (Å²) in [6.45, 7) is 8.58. The standard InChI is InChI=1S/C11H20OSi/c1-5-6-8-11(12)9-7-10-13(2,3)4/h5-6,11-12H,8-9H2,1-4H3/b6-5+/t11-/m1/s1. The van der Waals surface area contributed by atoms with E-state index in [2.05, 4.69) is 31.1 Å². The van der Waals surface area contributed by atoms with Crippen molar-refractivity contribution in [3.8, 4) is 11.5 Å². The summed E-state index contributed by atoms with van der Waals surface area (Å²) < 4.78 is 0. The Morgan fingerprint density at radius 1 is 1.38 bits per heavy atom. The zero-order valence-electron chi connectivity index (χ0n) is 9.09. The first-order chi connectivity index (χ1) is 5.95. The molecule has 0 saturated carbocycles. The fourth-order valence-electron chi connectivity index (χ4n) is 0.811. The van der Waals surface area contributed by atoms with Gasteiger partial charge in [-0.05, 0) is 13.3 Å². The minimum absolute atomic E-state index is 0.292. The van der Waals surface area contributed by atoms with Crippen LogP contribution in [0.4, 0.5) is 0 Å². The molecule has 0 aliphatic rings. The monoisotopic (exact) mass is 196 g/mol. The molecule has 0 fully saturated rings. The van der Waals surface area contributed by atoms with E-state index in [1.807, 2.05) is 19.1 Å². The Bertz CT molecular complexity index is 214. The van der Waals surface area contributed by atoms with E-state index in [9.17, 15) is 5.11 Å². The zero-order chi connectivity index (χ0) is 10.3. The Hall–Kier alpha value is -0.523. The lowest BCUT2D eigenvalue weighted by atomic mass is 10.2. The van der Waals surface area contributed by atoms with Crippen LogP contribution in [0.25, 0.3) is 0 Å². The molecule has 13 heavy (non-hydrogen) atoms. The highest BCUT2D eigenvalue weighted by atomic mass is 28.3. The molecule has 74 valence electrons. The topological polar surface area (TPSA) is 20.2 Å². The molecular weight excluding hydrogens is 176 g/mol. The molecule has 0 aromatic rings. The third-order valence-corrected chi connectivity index (χ3v) is 2.37. The molecule has 0 unspecified atom stereocenters. The average Bonchev–Trinajstić information content (AvgIpc) is 1.98. The van der Waals surface area contributed by atoms with Gasteiger partial charge < -0.3 is 5.11 Å². The van der Waals surface area contributed by atoms with Crippen molar-refractivity contribution >= 4 is 8.07 Å². The van der Waals surface area contributed by atoms with Crippen molar-refractivity contribution in [2.75, 3.05) is 0 Å². The highest BCUT2D eigenvalue weighted by Gasteiger charge is 2.07. The molecule has 0 aliphatic carbocycles. The molecule has 0 amide bonds. The minimum Gasteiger partial charge on any atom is -0.392 e. The Labute approximate surface area is 82.9 Å². The minimum atomic E-state index is -1.25.